The number of aliphatic hydroxyl groups is 2. The summed E-state index contributed by atoms with van der Waals surface area (Å²) in [5.41, 5.74) is -2.56. The molecular formula is C21H30N2O10. The lowest BCUT2D eigenvalue weighted by Crippen LogP contribution is -2.61. The topological polar surface area (TPSA) is 194 Å². The number of aliphatic carboxylic acids is 2. The molecule has 184 valence electrons. The first-order valence-corrected chi connectivity index (χ1v) is 9.93. The number of carboxylic acids is 2. The van der Waals surface area contributed by atoms with Gasteiger partial charge < -0.3 is 40.5 Å². The summed E-state index contributed by atoms with van der Waals surface area (Å²) in [7, 11) is 1.34. The Morgan fingerprint density at radius 2 is 1.64 bits per heavy atom. The molecule has 1 amide bonds. The van der Waals surface area contributed by atoms with Crippen LogP contribution in [0.3, 0.4) is 0 Å². The van der Waals surface area contributed by atoms with Gasteiger partial charge in [-0.1, -0.05) is 32.9 Å². The molecule has 0 aliphatic carbocycles. The normalized spacial score (nSPS) is 18.7. The number of carbonyl (C=O) groups excluding carboxylic acids is 1. The Bertz CT molecular complexity index is 865. The number of benzene rings is 1. The van der Waals surface area contributed by atoms with E-state index in [1.54, 1.807) is 12.1 Å². The number of carbonyl (C=O) groups is 4. The second kappa shape index (κ2) is 11.1. The number of nitrogens with one attached hydrogen (secondary N) is 1. The number of piperazine rings is 1. The zero-order chi connectivity index (χ0) is 25.6. The number of rotatable bonds is 5. The van der Waals surface area contributed by atoms with Crippen molar-refractivity contribution < 1.29 is 49.4 Å². The van der Waals surface area contributed by atoms with Gasteiger partial charge in [0.1, 0.15) is 0 Å². The Balaban J connectivity index is 0.000000349. The van der Waals surface area contributed by atoms with Crippen LogP contribution in [-0.4, -0.2) is 92.9 Å². The molecule has 1 aliphatic rings. The van der Waals surface area contributed by atoms with Crippen LogP contribution in [0.2, 0.25) is 0 Å². The number of nitrogens with zero attached hydrogens (tertiary/aromatic N) is 1. The molecule has 1 fully saturated rings. The zero-order valence-electron chi connectivity index (χ0n) is 18.8. The van der Waals surface area contributed by atoms with Gasteiger partial charge in [-0.05, 0) is 17.7 Å². The molecule has 1 heterocycles. The van der Waals surface area contributed by atoms with Gasteiger partial charge in [-0.2, -0.15) is 0 Å². The Kier molecular flexibility index (Phi) is 9.34. The predicted molar refractivity (Wildman–Crippen MR) is 114 cm³/mol. The van der Waals surface area contributed by atoms with Crippen LogP contribution in [0.4, 0.5) is 4.79 Å². The summed E-state index contributed by atoms with van der Waals surface area (Å²) in [6, 6.07) is 6.95. The third-order valence-corrected chi connectivity index (χ3v) is 5.28. The van der Waals surface area contributed by atoms with E-state index >= 15 is 0 Å². The third-order valence-electron chi connectivity index (χ3n) is 5.28. The van der Waals surface area contributed by atoms with Gasteiger partial charge in [-0.3, -0.25) is 0 Å². The summed E-state index contributed by atoms with van der Waals surface area (Å²) in [5.74, 6) is -3.92. The lowest BCUT2D eigenvalue weighted by Gasteiger charge is -2.37. The number of carboxylic acid groups (broad SMARTS) is 3. The highest BCUT2D eigenvalue weighted by Gasteiger charge is 2.56. The fraction of sp³-hybridized carbons (Fsp3) is 0.524. The molecule has 33 heavy (non-hydrogen) atoms. The number of methoxy groups -OCH3 is 1. The Morgan fingerprint density at radius 3 is 2.00 bits per heavy atom. The maximum absolute atomic E-state index is 11.3. The van der Waals surface area contributed by atoms with E-state index in [0.29, 0.717) is 25.2 Å². The van der Waals surface area contributed by atoms with Gasteiger partial charge in [0, 0.05) is 25.0 Å². The van der Waals surface area contributed by atoms with E-state index in [2.05, 4.69) is 10.1 Å². The minimum Gasteiger partial charge on any atom is -0.479 e. The van der Waals surface area contributed by atoms with Crippen molar-refractivity contribution in [3.8, 4) is 0 Å². The molecule has 0 spiro atoms. The van der Waals surface area contributed by atoms with E-state index in [0.717, 1.165) is 5.56 Å². The summed E-state index contributed by atoms with van der Waals surface area (Å²) in [6.45, 7) is 5.50. The van der Waals surface area contributed by atoms with Crippen molar-refractivity contribution in [2.45, 2.75) is 38.5 Å². The van der Waals surface area contributed by atoms with E-state index in [1.807, 2.05) is 12.1 Å². The molecule has 2 rings (SSSR count). The fourth-order valence-corrected chi connectivity index (χ4v) is 3.14. The molecule has 0 aromatic heterocycles. The van der Waals surface area contributed by atoms with Crippen molar-refractivity contribution in [1.82, 2.24) is 10.2 Å². The van der Waals surface area contributed by atoms with Crippen LogP contribution in [0.25, 0.3) is 0 Å². The van der Waals surface area contributed by atoms with Crippen LogP contribution >= 0.6 is 0 Å². The second-order valence-corrected chi connectivity index (χ2v) is 8.41. The smallest absolute Gasteiger partial charge is 0.407 e. The highest BCUT2D eigenvalue weighted by molar-refractivity contribution is 5.89. The molecule has 1 saturated heterocycles. The fourth-order valence-electron chi connectivity index (χ4n) is 3.14. The van der Waals surface area contributed by atoms with E-state index in [-0.39, 0.29) is 12.0 Å². The summed E-state index contributed by atoms with van der Waals surface area (Å²) >= 11 is 0. The highest BCUT2D eigenvalue weighted by Crippen LogP contribution is 2.33. The maximum atomic E-state index is 11.3. The van der Waals surface area contributed by atoms with E-state index in [1.165, 1.54) is 32.8 Å². The van der Waals surface area contributed by atoms with E-state index in [9.17, 15) is 24.3 Å². The largest absolute Gasteiger partial charge is 0.479 e. The van der Waals surface area contributed by atoms with Gasteiger partial charge >= 0.3 is 24.0 Å². The molecule has 12 nitrogen and oxygen atoms in total. The minimum absolute atomic E-state index is 0.0449. The average molecular weight is 470 g/mol. The van der Waals surface area contributed by atoms with Crippen LogP contribution in [0.5, 0.6) is 0 Å². The van der Waals surface area contributed by atoms with E-state index in [4.69, 9.17) is 20.4 Å². The number of amides is 1. The van der Waals surface area contributed by atoms with Crippen LogP contribution in [0.15, 0.2) is 24.3 Å². The molecule has 0 radical (unpaired) electrons. The van der Waals surface area contributed by atoms with Crippen LogP contribution < -0.4 is 5.32 Å². The van der Waals surface area contributed by atoms with Gasteiger partial charge in [0.2, 0.25) is 5.60 Å². The van der Waals surface area contributed by atoms with Crippen LogP contribution in [-0.2, 0) is 14.3 Å². The van der Waals surface area contributed by atoms with Crippen molar-refractivity contribution in [2.24, 2.45) is 5.41 Å². The Labute approximate surface area is 190 Å². The second-order valence-electron chi connectivity index (χ2n) is 8.41. The maximum Gasteiger partial charge on any atom is 0.407 e. The van der Waals surface area contributed by atoms with Crippen LogP contribution in [0.1, 0.15) is 42.7 Å². The minimum atomic E-state index is -2.71. The molecule has 0 saturated carbocycles. The molecular weight excluding hydrogens is 440 g/mol. The highest BCUT2D eigenvalue weighted by atomic mass is 16.5. The molecule has 1 aromatic rings. The first-order valence-electron chi connectivity index (χ1n) is 9.93. The third kappa shape index (κ3) is 6.63. The Morgan fingerprint density at radius 1 is 1.09 bits per heavy atom. The first kappa shape index (κ1) is 27.8. The van der Waals surface area contributed by atoms with Crippen molar-refractivity contribution in [3.63, 3.8) is 0 Å². The summed E-state index contributed by atoms with van der Waals surface area (Å²) < 4.78 is 4.63. The standard InChI is InChI=1S/C13H16N2O4.C8H14O6/c1-19-12(16)10-4-2-9(3-5-10)11-8-15(13(17)18)7-6-14-11;1-7(2,3)8(14,6(12)13)4(9)5(10)11/h2-5,11,14H,6-8H2,1H3,(H,17,18);4,9,14H,1-3H3,(H,10,11)(H,12,13)/t11-;/m0./s1. The summed E-state index contributed by atoms with van der Waals surface area (Å²) in [5, 5.41) is 48.2. The quantitative estimate of drug-likeness (QED) is 0.326. The predicted octanol–water partition coefficient (Wildman–Crippen LogP) is 0.391. The van der Waals surface area contributed by atoms with Gasteiger partial charge in [-0.15, -0.1) is 0 Å². The molecule has 2 unspecified atom stereocenters. The lowest BCUT2D eigenvalue weighted by atomic mass is 9.73. The number of hydrogen-bond acceptors (Lipinski definition) is 8. The average Bonchev–Trinajstić information content (AvgIpc) is 2.77. The van der Waals surface area contributed by atoms with Crippen molar-refractivity contribution in [1.29, 1.82) is 0 Å². The zero-order valence-corrected chi connectivity index (χ0v) is 18.8. The van der Waals surface area contributed by atoms with Crippen molar-refractivity contribution in [3.05, 3.63) is 35.4 Å². The number of ether oxygens (including phenoxy) is 1. The molecule has 6 N–H and O–H groups in total. The van der Waals surface area contributed by atoms with E-state index < -0.39 is 35.2 Å². The van der Waals surface area contributed by atoms with Gasteiger partial charge in [0.05, 0.1) is 18.7 Å². The van der Waals surface area contributed by atoms with Crippen molar-refractivity contribution >= 4 is 24.0 Å². The van der Waals surface area contributed by atoms with Crippen molar-refractivity contribution in [2.75, 3.05) is 26.7 Å². The molecule has 1 aromatic carbocycles. The summed E-state index contributed by atoms with van der Waals surface area (Å²) in [4.78, 5) is 44.8. The molecule has 1 aliphatic heterocycles. The molecule has 3 atom stereocenters. The SMILES string of the molecule is CC(C)(C)C(O)(C(=O)O)C(O)C(=O)O.COC(=O)c1ccc([C@@H]2CN(C(=O)O)CCN2)cc1. The first-order chi connectivity index (χ1) is 15.2. The van der Waals surface area contributed by atoms with Crippen LogP contribution in [0, 0.1) is 5.41 Å². The van der Waals surface area contributed by atoms with Gasteiger partial charge in [0.25, 0.3) is 0 Å². The number of esters is 1. The van der Waals surface area contributed by atoms with Gasteiger partial charge in [-0.25, -0.2) is 19.2 Å². The lowest BCUT2D eigenvalue weighted by molar-refractivity contribution is -0.200. The summed E-state index contributed by atoms with van der Waals surface area (Å²) in [6.07, 6.45) is -3.27. The number of aliphatic hydroxyl groups excluding tert-OH is 1. The van der Waals surface area contributed by atoms with Gasteiger partial charge in [0.15, 0.2) is 6.10 Å². The Hall–Kier alpha value is -3.22. The number of hydrogen-bond donors (Lipinski definition) is 6. The monoisotopic (exact) mass is 470 g/mol. The molecule has 12 heteroatoms. The molecule has 0 bridgehead atoms.